The Hall–Kier alpha value is -1.93. The van der Waals surface area contributed by atoms with Crippen LogP contribution in [0, 0.1) is 0 Å². The second-order valence-electron chi connectivity index (χ2n) is 7.53. The topological polar surface area (TPSA) is 92.8 Å². The fraction of sp³-hybridized carbons (Fsp3) is 0.600. The van der Waals surface area contributed by atoms with Crippen molar-refractivity contribution in [1.82, 2.24) is 9.62 Å². The van der Waals surface area contributed by atoms with E-state index in [4.69, 9.17) is 4.74 Å². The van der Waals surface area contributed by atoms with Crippen molar-refractivity contribution in [2.45, 2.75) is 68.9 Å². The average Bonchev–Trinajstić information content (AvgIpc) is 3.21. The minimum absolute atomic E-state index is 0.0758. The van der Waals surface area contributed by atoms with Gasteiger partial charge in [0.05, 0.1) is 10.5 Å². The number of piperidine rings is 1. The molecule has 7 nitrogen and oxygen atoms in total. The molecule has 0 aromatic heterocycles. The molecule has 1 saturated heterocycles. The number of carbonyl (C=O) groups is 2. The summed E-state index contributed by atoms with van der Waals surface area (Å²) in [7, 11) is -3.63. The highest BCUT2D eigenvalue weighted by Crippen LogP contribution is 2.22. The third kappa shape index (κ3) is 4.91. The molecular formula is C20H28N2O5S. The lowest BCUT2D eigenvalue weighted by molar-refractivity contribution is -0.129. The molecule has 0 bridgehead atoms. The largest absolute Gasteiger partial charge is 0.449 e. The van der Waals surface area contributed by atoms with Gasteiger partial charge in [-0.2, -0.15) is 4.31 Å². The molecule has 1 aromatic carbocycles. The molecule has 2 fully saturated rings. The summed E-state index contributed by atoms with van der Waals surface area (Å²) in [5.74, 6) is -1.03. The monoisotopic (exact) mass is 408 g/mol. The first kappa shape index (κ1) is 20.8. The molecule has 8 heteroatoms. The van der Waals surface area contributed by atoms with Crippen LogP contribution in [0.2, 0.25) is 0 Å². The van der Waals surface area contributed by atoms with Gasteiger partial charge in [0.15, 0.2) is 6.10 Å². The van der Waals surface area contributed by atoms with Crippen LogP contribution in [-0.2, 0) is 19.6 Å². The molecule has 154 valence electrons. The fourth-order valence-electron chi connectivity index (χ4n) is 3.71. The lowest BCUT2D eigenvalue weighted by atomic mass is 10.2. The summed E-state index contributed by atoms with van der Waals surface area (Å²) < 4.78 is 32.3. The molecule has 1 amide bonds. The summed E-state index contributed by atoms with van der Waals surface area (Å²) >= 11 is 0. The van der Waals surface area contributed by atoms with Crippen molar-refractivity contribution in [3.63, 3.8) is 0 Å². The second-order valence-corrected chi connectivity index (χ2v) is 9.47. The quantitative estimate of drug-likeness (QED) is 0.730. The zero-order valence-electron chi connectivity index (χ0n) is 16.2. The van der Waals surface area contributed by atoms with Crippen LogP contribution in [0.5, 0.6) is 0 Å². The third-order valence-corrected chi connectivity index (χ3v) is 7.27. The predicted molar refractivity (Wildman–Crippen MR) is 104 cm³/mol. The molecule has 1 atom stereocenters. The van der Waals surface area contributed by atoms with Crippen molar-refractivity contribution >= 4 is 21.9 Å². The van der Waals surface area contributed by atoms with E-state index in [0.29, 0.717) is 13.1 Å². The van der Waals surface area contributed by atoms with Gasteiger partial charge in [-0.15, -0.1) is 0 Å². The summed E-state index contributed by atoms with van der Waals surface area (Å²) in [6, 6.07) is 5.98. The normalized spacial score (nSPS) is 19.9. The van der Waals surface area contributed by atoms with Crippen LogP contribution in [0.3, 0.4) is 0 Å². The van der Waals surface area contributed by atoms with Crippen LogP contribution in [0.4, 0.5) is 0 Å². The number of hydrogen-bond acceptors (Lipinski definition) is 5. The van der Waals surface area contributed by atoms with Crippen LogP contribution in [-0.4, -0.2) is 49.8 Å². The number of amides is 1. The highest BCUT2D eigenvalue weighted by Gasteiger charge is 2.28. The molecule has 1 heterocycles. The number of ether oxygens (including phenoxy) is 1. The Balaban J connectivity index is 1.65. The Morgan fingerprint density at radius 2 is 1.79 bits per heavy atom. The molecule has 0 spiro atoms. The number of nitrogens with zero attached hydrogens (tertiary/aromatic N) is 1. The van der Waals surface area contributed by atoms with Gasteiger partial charge in [0, 0.05) is 19.1 Å². The molecule has 3 rings (SSSR count). The highest BCUT2D eigenvalue weighted by atomic mass is 32.2. The Labute approximate surface area is 166 Å². The molecule has 1 saturated carbocycles. The van der Waals surface area contributed by atoms with Gasteiger partial charge in [-0.3, -0.25) is 4.79 Å². The Morgan fingerprint density at radius 3 is 2.46 bits per heavy atom. The number of carbonyl (C=O) groups excluding carboxylic acids is 2. The summed E-state index contributed by atoms with van der Waals surface area (Å²) in [5, 5.41) is 2.90. The summed E-state index contributed by atoms with van der Waals surface area (Å²) in [4.78, 5) is 24.7. The van der Waals surface area contributed by atoms with Crippen LogP contribution in [0.1, 0.15) is 62.2 Å². The SMILES string of the molecule is C[C@@H](OC(=O)c1cccc(S(=O)(=O)N2CCCCC2)c1)C(=O)NC1CCCC1. The van der Waals surface area contributed by atoms with E-state index in [1.165, 1.54) is 35.5 Å². The van der Waals surface area contributed by atoms with E-state index in [-0.39, 0.29) is 22.4 Å². The summed E-state index contributed by atoms with van der Waals surface area (Å²) in [6.45, 7) is 2.52. The second kappa shape index (κ2) is 9.05. The Morgan fingerprint density at radius 1 is 1.11 bits per heavy atom. The number of sulfonamides is 1. The number of nitrogens with one attached hydrogen (secondary N) is 1. The standard InChI is InChI=1S/C20H28N2O5S/c1-15(19(23)21-17-9-3-4-10-17)27-20(24)16-8-7-11-18(14-16)28(25,26)22-12-5-2-6-13-22/h7-8,11,14-15,17H,2-6,9-10,12-13H2,1H3,(H,21,23)/t15-/m1/s1. The van der Waals surface area contributed by atoms with Crippen LogP contribution in [0.15, 0.2) is 29.2 Å². The molecule has 0 unspecified atom stereocenters. The zero-order chi connectivity index (χ0) is 20.1. The minimum atomic E-state index is -3.63. The maximum absolute atomic E-state index is 12.8. The fourth-order valence-corrected chi connectivity index (χ4v) is 5.27. The van der Waals surface area contributed by atoms with Crippen LogP contribution < -0.4 is 5.32 Å². The summed E-state index contributed by atoms with van der Waals surface area (Å²) in [5.41, 5.74) is 0.124. The van der Waals surface area contributed by atoms with Gasteiger partial charge in [-0.25, -0.2) is 13.2 Å². The van der Waals surface area contributed by atoms with Crippen molar-refractivity contribution in [3.05, 3.63) is 29.8 Å². The molecule has 0 radical (unpaired) electrons. The van der Waals surface area contributed by atoms with Crippen molar-refractivity contribution in [1.29, 1.82) is 0 Å². The lowest BCUT2D eigenvalue weighted by Gasteiger charge is -2.26. The van der Waals surface area contributed by atoms with Crippen molar-refractivity contribution < 1.29 is 22.7 Å². The number of benzene rings is 1. The summed E-state index contributed by atoms with van der Waals surface area (Å²) in [6.07, 6.45) is 5.86. The first-order chi connectivity index (χ1) is 13.4. The maximum Gasteiger partial charge on any atom is 0.338 e. The Kier molecular flexibility index (Phi) is 6.72. The average molecular weight is 409 g/mol. The lowest BCUT2D eigenvalue weighted by Crippen LogP contribution is -2.40. The minimum Gasteiger partial charge on any atom is -0.449 e. The number of esters is 1. The van der Waals surface area contributed by atoms with Crippen molar-refractivity contribution in [2.75, 3.05) is 13.1 Å². The smallest absolute Gasteiger partial charge is 0.338 e. The van der Waals surface area contributed by atoms with E-state index in [0.717, 1.165) is 44.9 Å². The zero-order valence-corrected chi connectivity index (χ0v) is 17.0. The molecule has 1 aromatic rings. The van der Waals surface area contributed by atoms with E-state index in [2.05, 4.69) is 5.32 Å². The Bertz CT molecular complexity index is 812. The van der Waals surface area contributed by atoms with E-state index >= 15 is 0 Å². The van der Waals surface area contributed by atoms with E-state index < -0.39 is 22.1 Å². The van der Waals surface area contributed by atoms with Gasteiger partial charge < -0.3 is 10.1 Å². The molecular weight excluding hydrogens is 380 g/mol. The molecule has 28 heavy (non-hydrogen) atoms. The van der Waals surface area contributed by atoms with E-state index in [1.54, 1.807) is 0 Å². The first-order valence-corrected chi connectivity index (χ1v) is 11.4. The van der Waals surface area contributed by atoms with Gasteiger partial charge in [-0.05, 0) is 50.8 Å². The van der Waals surface area contributed by atoms with Crippen LogP contribution in [0.25, 0.3) is 0 Å². The van der Waals surface area contributed by atoms with Crippen molar-refractivity contribution in [2.24, 2.45) is 0 Å². The van der Waals surface area contributed by atoms with Gasteiger partial charge in [0.25, 0.3) is 5.91 Å². The third-order valence-electron chi connectivity index (χ3n) is 5.38. The van der Waals surface area contributed by atoms with Crippen molar-refractivity contribution in [3.8, 4) is 0 Å². The molecule has 1 N–H and O–H groups in total. The molecule has 1 aliphatic heterocycles. The molecule has 1 aliphatic carbocycles. The highest BCUT2D eigenvalue weighted by molar-refractivity contribution is 7.89. The van der Waals surface area contributed by atoms with Gasteiger partial charge >= 0.3 is 5.97 Å². The van der Waals surface area contributed by atoms with E-state index in [9.17, 15) is 18.0 Å². The van der Waals surface area contributed by atoms with Gasteiger partial charge in [0.2, 0.25) is 10.0 Å². The molecule has 2 aliphatic rings. The van der Waals surface area contributed by atoms with Gasteiger partial charge in [0.1, 0.15) is 0 Å². The maximum atomic E-state index is 12.8. The van der Waals surface area contributed by atoms with E-state index in [1.807, 2.05) is 0 Å². The van der Waals surface area contributed by atoms with Gasteiger partial charge in [-0.1, -0.05) is 25.3 Å². The number of hydrogen-bond donors (Lipinski definition) is 1. The first-order valence-electron chi connectivity index (χ1n) is 9.99. The van der Waals surface area contributed by atoms with Crippen LogP contribution >= 0.6 is 0 Å². The number of rotatable bonds is 6. The predicted octanol–water partition coefficient (Wildman–Crippen LogP) is 2.47.